The number of ether oxygens (including phenoxy) is 1. The first-order valence-corrected chi connectivity index (χ1v) is 12.6. The van der Waals surface area contributed by atoms with Gasteiger partial charge in [0, 0.05) is 42.4 Å². The number of aryl methyl sites for hydroxylation is 1. The van der Waals surface area contributed by atoms with E-state index in [1.807, 2.05) is 23.0 Å². The van der Waals surface area contributed by atoms with Crippen molar-refractivity contribution in [2.75, 3.05) is 13.2 Å². The minimum Gasteiger partial charge on any atom is -0.507 e. The predicted molar refractivity (Wildman–Crippen MR) is 138 cm³/mol. The SMILES string of the molecule is O=C(NCCCc1cc(-c2cn(C3CCCCO3)nc2-c2ccc(F)cc2)ccn1)c1ccccc1O. The van der Waals surface area contributed by atoms with Crippen molar-refractivity contribution >= 4 is 5.91 Å². The number of amides is 1. The van der Waals surface area contributed by atoms with Crippen LogP contribution in [0.3, 0.4) is 0 Å². The van der Waals surface area contributed by atoms with Crippen LogP contribution in [0.5, 0.6) is 5.75 Å². The molecule has 3 heterocycles. The molecule has 1 amide bonds. The lowest BCUT2D eigenvalue weighted by molar-refractivity contribution is -0.0393. The zero-order valence-corrected chi connectivity index (χ0v) is 20.4. The summed E-state index contributed by atoms with van der Waals surface area (Å²) in [6.07, 6.45) is 8.06. The van der Waals surface area contributed by atoms with Crippen molar-refractivity contribution in [1.82, 2.24) is 20.1 Å². The summed E-state index contributed by atoms with van der Waals surface area (Å²) in [5, 5.41) is 17.6. The monoisotopic (exact) mass is 500 g/mol. The fourth-order valence-electron chi connectivity index (χ4n) is 4.52. The van der Waals surface area contributed by atoms with Gasteiger partial charge in [0.15, 0.2) is 0 Å². The molecule has 37 heavy (non-hydrogen) atoms. The third-order valence-corrected chi connectivity index (χ3v) is 6.47. The Bertz CT molecular complexity index is 1360. The van der Waals surface area contributed by atoms with Gasteiger partial charge in [-0.3, -0.25) is 9.78 Å². The number of nitrogens with one attached hydrogen (secondary N) is 1. The number of halogens is 1. The maximum atomic E-state index is 13.6. The molecule has 1 saturated heterocycles. The lowest BCUT2D eigenvalue weighted by atomic mass is 10.0. The largest absolute Gasteiger partial charge is 0.507 e. The standard InChI is InChI=1S/C29H29FN4O3/c30-22-12-10-20(11-13-22)28-25(19-34(33-28)27-9-3-4-17-37-27)21-14-16-31-23(18-21)6-5-15-32-29(36)24-7-1-2-8-26(24)35/h1-2,7-8,10-14,16,18-19,27,35H,3-6,9,15,17H2,(H,32,36). The number of carbonyl (C=O) groups is 1. The number of benzene rings is 2. The highest BCUT2D eigenvalue weighted by Gasteiger charge is 2.21. The third kappa shape index (κ3) is 5.86. The van der Waals surface area contributed by atoms with E-state index in [0.29, 0.717) is 26.0 Å². The van der Waals surface area contributed by atoms with Crippen LogP contribution in [0.4, 0.5) is 4.39 Å². The normalized spacial score (nSPS) is 15.4. The quantitative estimate of drug-likeness (QED) is 0.311. The molecule has 0 bridgehead atoms. The van der Waals surface area contributed by atoms with Crippen molar-refractivity contribution < 1.29 is 19.0 Å². The number of phenols is 1. The van der Waals surface area contributed by atoms with Crippen LogP contribution in [0, 0.1) is 5.82 Å². The molecule has 1 fully saturated rings. The molecule has 1 unspecified atom stereocenters. The highest BCUT2D eigenvalue weighted by molar-refractivity contribution is 5.96. The van der Waals surface area contributed by atoms with Gasteiger partial charge >= 0.3 is 0 Å². The smallest absolute Gasteiger partial charge is 0.255 e. The maximum absolute atomic E-state index is 13.6. The van der Waals surface area contributed by atoms with E-state index < -0.39 is 0 Å². The highest BCUT2D eigenvalue weighted by Crippen LogP contribution is 2.34. The molecule has 2 aromatic heterocycles. The van der Waals surface area contributed by atoms with E-state index in [2.05, 4.69) is 10.3 Å². The Morgan fingerprint density at radius 2 is 1.95 bits per heavy atom. The molecule has 1 aliphatic rings. The number of aromatic hydroxyl groups is 1. The second-order valence-corrected chi connectivity index (χ2v) is 9.11. The van der Waals surface area contributed by atoms with Gasteiger partial charge in [-0.15, -0.1) is 0 Å². The Hall–Kier alpha value is -4.04. The van der Waals surface area contributed by atoms with Crippen molar-refractivity contribution in [3.8, 4) is 28.1 Å². The molecule has 8 heteroatoms. The predicted octanol–water partition coefficient (Wildman–Crippen LogP) is 5.52. The van der Waals surface area contributed by atoms with Crippen molar-refractivity contribution in [1.29, 1.82) is 0 Å². The molecule has 190 valence electrons. The molecule has 0 aliphatic carbocycles. The molecular formula is C29H29FN4O3. The van der Waals surface area contributed by atoms with Gasteiger partial charge in [-0.05, 0) is 86.2 Å². The van der Waals surface area contributed by atoms with Crippen molar-refractivity contribution in [2.24, 2.45) is 0 Å². The first-order chi connectivity index (χ1) is 18.1. The van der Waals surface area contributed by atoms with E-state index in [-0.39, 0.29) is 29.3 Å². The molecule has 0 saturated carbocycles. The van der Waals surface area contributed by atoms with Crippen LogP contribution in [0.15, 0.2) is 73.1 Å². The molecule has 7 nitrogen and oxygen atoms in total. The van der Waals surface area contributed by atoms with E-state index >= 15 is 0 Å². The summed E-state index contributed by atoms with van der Waals surface area (Å²) in [5.74, 6) is -0.632. The number of nitrogens with zero attached hydrogens (tertiary/aromatic N) is 3. The maximum Gasteiger partial charge on any atom is 0.255 e. The number of aromatic nitrogens is 3. The van der Waals surface area contributed by atoms with Gasteiger partial charge in [-0.25, -0.2) is 9.07 Å². The zero-order chi connectivity index (χ0) is 25.6. The number of para-hydroxylation sites is 1. The summed E-state index contributed by atoms with van der Waals surface area (Å²) in [5.41, 5.74) is 4.63. The summed E-state index contributed by atoms with van der Waals surface area (Å²) in [7, 11) is 0. The number of hydrogen-bond acceptors (Lipinski definition) is 5. The van der Waals surface area contributed by atoms with Gasteiger partial charge in [0.1, 0.15) is 23.5 Å². The fraction of sp³-hybridized carbons (Fsp3) is 0.276. The van der Waals surface area contributed by atoms with E-state index in [4.69, 9.17) is 9.84 Å². The molecule has 2 aromatic carbocycles. The Morgan fingerprint density at radius 1 is 1.11 bits per heavy atom. The van der Waals surface area contributed by atoms with Crippen LogP contribution in [-0.4, -0.2) is 38.9 Å². The average molecular weight is 501 g/mol. The second kappa shape index (κ2) is 11.3. The van der Waals surface area contributed by atoms with E-state index in [1.54, 1.807) is 36.5 Å². The summed E-state index contributed by atoms with van der Waals surface area (Å²) in [6.45, 7) is 1.17. The number of rotatable bonds is 8. The molecule has 1 aliphatic heterocycles. The highest BCUT2D eigenvalue weighted by atomic mass is 19.1. The topological polar surface area (TPSA) is 89.3 Å². The van der Waals surface area contributed by atoms with Gasteiger partial charge in [0.05, 0.1) is 5.56 Å². The second-order valence-electron chi connectivity index (χ2n) is 9.11. The Morgan fingerprint density at radius 3 is 2.73 bits per heavy atom. The van der Waals surface area contributed by atoms with Crippen LogP contribution >= 0.6 is 0 Å². The fourth-order valence-corrected chi connectivity index (χ4v) is 4.52. The first kappa shape index (κ1) is 24.6. The van der Waals surface area contributed by atoms with Gasteiger partial charge in [0.25, 0.3) is 5.91 Å². The third-order valence-electron chi connectivity index (χ3n) is 6.47. The van der Waals surface area contributed by atoms with Gasteiger partial charge < -0.3 is 15.2 Å². The minimum atomic E-state index is -0.305. The molecule has 0 spiro atoms. The van der Waals surface area contributed by atoms with E-state index in [9.17, 15) is 14.3 Å². The summed E-state index contributed by atoms with van der Waals surface area (Å²) >= 11 is 0. The van der Waals surface area contributed by atoms with Crippen LogP contribution in [0.25, 0.3) is 22.4 Å². The van der Waals surface area contributed by atoms with Crippen molar-refractivity contribution in [3.05, 3.63) is 90.1 Å². The minimum absolute atomic E-state index is 0.0366. The Kier molecular flexibility index (Phi) is 7.56. The lowest BCUT2D eigenvalue weighted by Crippen LogP contribution is -2.24. The summed E-state index contributed by atoms with van der Waals surface area (Å²) in [4.78, 5) is 16.8. The number of carbonyl (C=O) groups excluding carboxylic acids is 1. The summed E-state index contributed by atoms with van der Waals surface area (Å²) < 4.78 is 21.4. The molecule has 4 aromatic rings. The molecule has 0 radical (unpaired) electrons. The lowest BCUT2D eigenvalue weighted by Gasteiger charge is -2.22. The van der Waals surface area contributed by atoms with E-state index in [1.165, 1.54) is 18.2 Å². The Labute approximate surface area is 214 Å². The molecule has 5 rings (SSSR count). The Balaban J connectivity index is 1.32. The van der Waals surface area contributed by atoms with Gasteiger partial charge in [-0.2, -0.15) is 5.10 Å². The van der Waals surface area contributed by atoms with Crippen LogP contribution in [-0.2, 0) is 11.2 Å². The molecule has 2 N–H and O–H groups in total. The van der Waals surface area contributed by atoms with Crippen molar-refractivity contribution in [3.63, 3.8) is 0 Å². The van der Waals surface area contributed by atoms with Crippen LogP contribution < -0.4 is 5.32 Å². The molecule has 1 atom stereocenters. The first-order valence-electron chi connectivity index (χ1n) is 12.6. The van der Waals surface area contributed by atoms with Gasteiger partial charge in [-0.1, -0.05) is 12.1 Å². The molecular weight excluding hydrogens is 471 g/mol. The summed E-state index contributed by atoms with van der Waals surface area (Å²) in [6, 6.07) is 16.8. The van der Waals surface area contributed by atoms with Crippen LogP contribution in [0.2, 0.25) is 0 Å². The number of hydrogen-bond donors (Lipinski definition) is 2. The van der Waals surface area contributed by atoms with Crippen LogP contribution in [0.1, 0.15) is 48.0 Å². The van der Waals surface area contributed by atoms with Gasteiger partial charge in [0.2, 0.25) is 0 Å². The van der Waals surface area contributed by atoms with E-state index in [0.717, 1.165) is 47.3 Å². The average Bonchev–Trinajstić information content (AvgIpc) is 3.38. The number of phenolic OH excluding ortho intramolecular Hbond substituents is 1. The van der Waals surface area contributed by atoms with Crippen molar-refractivity contribution in [2.45, 2.75) is 38.3 Å². The number of pyridine rings is 1. The zero-order valence-electron chi connectivity index (χ0n) is 20.4.